The van der Waals surface area contributed by atoms with Gasteiger partial charge in [-0.3, -0.25) is 10.2 Å². The number of benzene rings is 2. The third-order valence-corrected chi connectivity index (χ3v) is 8.80. The molecule has 2 aromatic carbocycles. The lowest BCUT2D eigenvalue weighted by atomic mass is 10.1. The van der Waals surface area contributed by atoms with Gasteiger partial charge in [-0.1, -0.05) is 24.3 Å². The summed E-state index contributed by atoms with van der Waals surface area (Å²) in [5.41, 5.74) is -1.28. The van der Waals surface area contributed by atoms with E-state index in [9.17, 15) is 27.7 Å². The normalized spacial score (nSPS) is 12.1. The topological polar surface area (TPSA) is 191 Å². The number of rotatable bonds is 10. The van der Waals surface area contributed by atoms with Crippen molar-refractivity contribution in [2.24, 2.45) is 0 Å². The van der Waals surface area contributed by atoms with E-state index in [1.54, 1.807) is 99.0 Å². The van der Waals surface area contributed by atoms with Gasteiger partial charge in [0, 0.05) is 30.1 Å². The number of para-hydroxylation sites is 1. The summed E-state index contributed by atoms with van der Waals surface area (Å²) in [6.45, 7) is 13.8. The Morgan fingerprint density at radius 1 is 0.833 bits per heavy atom. The van der Waals surface area contributed by atoms with Gasteiger partial charge in [-0.25, -0.2) is 37.1 Å². The van der Waals surface area contributed by atoms with Crippen LogP contribution in [-0.2, 0) is 29.1 Å². The molecule has 0 saturated heterocycles. The minimum Gasteiger partial charge on any atom is -0.444 e. The van der Waals surface area contributed by atoms with Crippen molar-refractivity contribution in [1.29, 1.82) is 0 Å². The summed E-state index contributed by atoms with van der Waals surface area (Å²) < 4.78 is 46.7. The van der Waals surface area contributed by atoms with Gasteiger partial charge in [-0.15, -0.1) is 0 Å². The van der Waals surface area contributed by atoms with E-state index in [1.165, 1.54) is 28.8 Å². The largest absolute Gasteiger partial charge is 0.444 e. The van der Waals surface area contributed by atoms with Crippen molar-refractivity contribution in [3.8, 4) is 11.1 Å². The third-order valence-electron chi connectivity index (χ3n) is 6.98. The highest BCUT2D eigenvalue weighted by Gasteiger charge is 2.39. The Labute approximate surface area is 313 Å². The second kappa shape index (κ2) is 15.7. The Morgan fingerprint density at radius 3 is 2.09 bits per heavy atom. The van der Waals surface area contributed by atoms with Crippen molar-refractivity contribution in [1.82, 2.24) is 18.9 Å². The lowest BCUT2D eigenvalue weighted by Crippen LogP contribution is -2.47. The van der Waals surface area contributed by atoms with Gasteiger partial charge in [0.1, 0.15) is 22.6 Å². The quantitative estimate of drug-likeness (QED) is 0.128. The number of fused-ring (bicyclic) bond motifs is 1. The molecule has 0 fully saturated rings. The van der Waals surface area contributed by atoms with Crippen molar-refractivity contribution in [2.75, 3.05) is 30.4 Å². The summed E-state index contributed by atoms with van der Waals surface area (Å²) in [6.07, 6.45) is 0.328. The minimum absolute atomic E-state index is 0.00125. The molecule has 0 unspecified atom stereocenters. The molecule has 0 aliphatic carbocycles. The van der Waals surface area contributed by atoms with Crippen molar-refractivity contribution < 1.29 is 46.8 Å². The van der Waals surface area contributed by atoms with Gasteiger partial charge in [0.25, 0.3) is 14.9 Å². The fourth-order valence-corrected chi connectivity index (χ4v) is 6.32. The number of ether oxygens (including phenoxy) is 3. The molecule has 0 aliphatic rings. The third kappa shape index (κ3) is 10.4. The summed E-state index contributed by atoms with van der Waals surface area (Å²) >= 11 is 0. The standard InChI is InChI=1S/C36H45N7O10S/c1-34(2,3)51-31(44)38-25-15-13-14-24(22-25)26-23-37-41-19-18-29(39-30(26)41)40(32(45)52-35(4,5)6)20-21-42(33(46)53-36(7,8)9)54(48,49)28-17-12-11-16-27(28)43(47)50-10/h11-19,22-23H,20-21H2,1-10H3/p+1. The summed E-state index contributed by atoms with van der Waals surface area (Å²) in [5, 5.41) is 7.09. The molecule has 0 atom stereocenters. The van der Waals surface area contributed by atoms with Gasteiger partial charge in [0.05, 0.1) is 17.6 Å². The van der Waals surface area contributed by atoms with Crippen LogP contribution >= 0.6 is 0 Å². The number of nitrogens with one attached hydrogen (secondary N) is 1. The van der Waals surface area contributed by atoms with Crippen LogP contribution in [0.25, 0.3) is 16.8 Å². The smallest absolute Gasteiger partial charge is 0.424 e. The van der Waals surface area contributed by atoms with Crippen LogP contribution in [0.5, 0.6) is 0 Å². The predicted octanol–water partition coefficient (Wildman–Crippen LogP) is 7.08. The van der Waals surface area contributed by atoms with E-state index in [-0.39, 0.29) is 16.4 Å². The van der Waals surface area contributed by atoms with Gasteiger partial charge in [0.15, 0.2) is 17.7 Å². The molecule has 0 bridgehead atoms. The van der Waals surface area contributed by atoms with Gasteiger partial charge in [-0.05, 0) is 92.1 Å². The zero-order valence-electron chi connectivity index (χ0n) is 31.9. The van der Waals surface area contributed by atoms with Crippen molar-refractivity contribution >= 4 is 51.1 Å². The van der Waals surface area contributed by atoms with E-state index in [0.29, 0.717) is 26.8 Å². The summed E-state index contributed by atoms with van der Waals surface area (Å²) in [7, 11) is -3.74. The molecule has 0 saturated carbocycles. The number of sulfonamides is 1. The molecule has 54 heavy (non-hydrogen) atoms. The maximum atomic E-state index is 14.2. The van der Waals surface area contributed by atoms with E-state index in [1.807, 2.05) is 0 Å². The highest BCUT2D eigenvalue weighted by molar-refractivity contribution is 7.89. The Hall–Kier alpha value is -5.78. The van der Waals surface area contributed by atoms with Crippen LogP contribution in [0.3, 0.4) is 0 Å². The van der Waals surface area contributed by atoms with Crippen LogP contribution in [0, 0.1) is 4.91 Å². The molecule has 0 spiro atoms. The molecule has 2 heterocycles. The predicted molar refractivity (Wildman–Crippen MR) is 199 cm³/mol. The van der Waals surface area contributed by atoms with E-state index in [4.69, 9.17) is 24.0 Å². The maximum absolute atomic E-state index is 14.2. The number of hydrogen-bond acceptors (Lipinski definition) is 12. The van der Waals surface area contributed by atoms with Crippen molar-refractivity contribution in [3.05, 3.63) is 71.9 Å². The van der Waals surface area contributed by atoms with Crippen LogP contribution in [0.1, 0.15) is 62.3 Å². The molecule has 17 nitrogen and oxygen atoms in total. The van der Waals surface area contributed by atoms with Crippen LogP contribution in [-0.4, -0.2) is 87.5 Å². The van der Waals surface area contributed by atoms with E-state index >= 15 is 0 Å². The van der Waals surface area contributed by atoms with Crippen LogP contribution in [0.15, 0.2) is 71.9 Å². The molecule has 0 aliphatic heterocycles. The minimum atomic E-state index is -4.80. The summed E-state index contributed by atoms with van der Waals surface area (Å²) in [4.78, 5) is 62.3. The van der Waals surface area contributed by atoms with Crippen LogP contribution in [0.2, 0.25) is 0 Å². The van der Waals surface area contributed by atoms with Gasteiger partial charge in [-0.2, -0.15) is 9.40 Å². The average Bonchev–Trinajstić information content (AvgIpc) is 3.47. The number of amides is 3. The van der Waals surface area contributed by atoms with Crippen LogP contribution < -0.4 is 10.2 Å². The first kappa shape index (κ1) is 41.0. The molecule has 0 radical (unpaired) electrons. The second-order valence-corrected chi connectivity index (χ2v) is 16.7. The number of aromatic nitrogens is 3. The molecule has 18 heteroatoms. The fraction of sp³-hybridized carbons (Fsp3) is 0.417. The van der Waals surface area contributed by atoms with Crippen molar-refractivity contribution in [3.63, 3.8) is 0 Å². The number of anilines is 2. The number of hydrogen-bond donors (Lipinski definition) is 1. The van der Waals surface area contributed by atoms with E-state index < -0.39 is 63.1 Å². The molecular weight excluding hydrogens is 723 g/mol. The lowest BCUT2D eigenvalue weighted by molar-refractivity contribution is -0.738. The molecule has 2 aromatic heterocycles. The average molecular weight is 769 g/mol. The number of nitrogens with zero attached hydrogens (tertiary/aromatic N) is 6. The van der Waals surface area contributed by atoms with Gasteiger partial charge in [0.2, 0.25) is 0 Å². The highest BCUT2D eigenvalue weighted by atomic mass is 32.2. The Morgan fingerprint density at radius 2 is 1.46 bits per heavy atom. The lowest BCUT2D eigenvalue weighted by Gasteiger charge is -2.30. The number of carbonyl (C=O) groups excluding carboxylic acids is 3. The fourth-order valence-electron chi connectivity index (χ4n) is 4.87. The highest BCUT2D eigenvalue weighted by Crippen LogP contribution is 2.30. The van der Waals surface area contributed by atoms with Crippen LogP contribution in [0.4, 0.5) is 31.6 Å². The Balaban J connectivity index is 1.77. The molecule has 290 valence electrons. The second-order valence-electron chi connectivity index (χ2n) is 14.9. The van der Waals surface area contributed by atoms with Gasteiger partial charge < -0.3 is 14.2 Å². The first-order valence-electron chi connectivity index (χ1n) is 16.8. The van der Waals surface area contributed by atoms with E-state index in [0.717, 1.165) is 18.1 Å². The van der Waals surface area contributed by atoms with E-state index in [2.05, 4.69) is 10.4 Å². The molecular formula is C36H46N7O10S+. The zero-order chi connectivity index (χ0) is 40.2. The Kier molecular flexibility index (Phi) is 11.9. The first-order chi connectivity index (χ1) is 25.0. The molecule has 3 amide bonds. The SMILES string of the molecule is CO[N+](=O)c1ccccc1S(=O)(=O)N(CCN(C(=O)OC(C)(C)C)c1ccn2ncc(-c3cccc(NC(=O)OC(C)(C)C)c3)c2n1)C(=O)OC(C)(C)C. The monoisotopic (exact) mass is 768 g/mol. The summed E-state index contributed by atoms with van der Waals surface area (Å²) in [6, 6.07) is 13.6. The maximum Gasteiger partial charge on any atom is 0.424 e. The Bertz CT molecular complexity index is 2150. The van der Waals surface area contributed by atoms with Gasteiger partial charge >= 0.3 is 24.0 Å². The molecule has 1 N–H and O–H groups in total. The number of carbonyl (C=O) groups is 3. The molecule has 4 rings (SSSR count). The molecule has 4 aromatic rings. The van der Waals surface area contributed by atoms with Crippen molar-refractivity contribution in [2.45, 2.75) is 84.0 Å². The zero-order valence-corrected chi connectivity index (χ0v) is 32.8. The first-order valence-corrected chi connectivity index (χ1v) is 18.2. The summed E-state index contributed by atoms with van der Waals surface area (Å²) in [5.74, 6) is 0.0357.